The van der Waals surface area contributed by atoms with E-state index in [0.717, 1.165) is 34.1 Å². The maximum Gasteiger partial charge on any atom is 0.255 e. The molecule has 2 aromatic carbocycles. The number of hydrogen-bond donors (Lipinski definition) is 1. The van der Waals surface area contributed by atoms with E-state index in [-0.39, 0.29) is 23.3 Å². The van der Waals surface area contributed by atoms with Gasteiger partial charge in [-0.3, -0.25) is 9.59 Å². The van der Waals surface area contributed by atoms with Gasteiger partial charge in [0.1, 0.15) is 16.6 Å². The van der Waals surface area contributed by atoms with E-state index >= 15 is 0 Å². The number of nitrogens with two attached hydrogens (primary N) is 1. The lowest BCUT2D eigenvalue weighted by Crippen LogP contribution is -2.05. The normalized spacial score (nSPS) is 10.5. The van der Waals surface area contributed by atoms with Gasteiger partial charge in [0.05, 0.1) is 27.3 Å². The van der Waals surface area contributed by atoms with Gasteiger partial charge >= 0.3 is 0 Å². The lowest BCUT2D eigenvalue weighted by atomic mass is 10.1. The molecule has 0 bridgehead atoms. The van der Waals surface area contributed by atoms with Crippen molar-refractivity contribution in [1.82, 2.24) is 9.97 Å². The van der Waals surface area contributed by atoms with Crippen LogP contribution in [0.4, 0.5) is 13.8 Å². The van der Waals surface area contributed by atoms with Crippen LogP contribution in [-0.4, -0.2) is 21.0 Å². The van der Waals surface area contributed by atoms with E-state index in [1.807, 2.05) is 0 Å². The average molecular weight is 834 g/mol. The van der Waals surface area contributed by atoms with Crippen molar-refractivity contribution in [3.05, 3.63) is 95.4 Å². The number of ketones is 1. The number of carbonyl (C=O) groups is 2. The highest BCUT2D eigenvalue weighted by Gasteiger charge is 2.14. The van der Waals surface area contributed by atoms with Gasteiger partial charge in [0.25, 0.3) is 5.24 Å². The van der Waals surface area contributed by atoms with Crippen LogP contribution in [0.5, 0.6) is 0 Å². The Morgan fingerprint density at radius 2 is 1.23 bits per heavy atom. The largest absolute Gasteiger partial charge is 0.389 e. The number of anilines is 1. The lowest BCUT2D eigenvalue weighted by molar-refractivity contribution is 0.0989. The van der Waals surface area contributed by atoms with Crippen molar-refractivity contribution in [1.29, 1.82) is 0 Å². The first-order valence-electron chi connectivity index (χ1n) is 15.8. The molecule has 5 nitrogen and oxygen atoms in total. The van der Waals surface area contributed by atoms with E-state index in [1.165, 1.54) is 87.1 Å². The summed E-state index contributed by atoms with van der Waals surface area (Å²) in [6, 6.07) is 8.60. The monoisotopic (exact) mass is 831 g/mol. The molecule has 0 saturated heterocycles. The molecule has 47 heavy (non-hydrogen) atoms. The molecule has 0 aliphatic rings. The Balaban J connectivity index is 0.000000270. The number of nitrogens with zero attached hydrogens (tertiary/aromatic N) is 2. The summed E-state index contributed by atoms with van der Waals surface area (Å²) in [7, 11) is 0. The zero-order valence-electron chi connectivity index (χ0n) is 26.8. The van der Waals surface area contributed by atoms with Gasteiger partial charge in [0.2, 0.25) is 0 Å². The molecule has 2 aromatic heterocycles. The highest BCUT2D eigenvalue weighted by atomic mass is 79.9. The van der Waals surface area contributed by atoms with Gasteiger partial charge in [-0.25, -0.2) is 18.7 Å². The third-order valence-corrected chi connectivity index (χ3v) is 10.0. The zero-order chi connectivity index (χ0) is 34.6. The second-order valence-electron chi connectivity index (χ2n) is 10.8. The molecule has 0 saturated carbocycles. The fourth-order valence-corrected chi connectivity index (χ4v) is 6.87. The molecule has 256 valence electrons. The summed E-state index contributed by atoms with van der Waals surface area (Å²) in [5.41, 5.74) is 5.63. The molecule has 0 unspecified atom stereocenters. The maximum absolute atomic E-state index is 13.8. The van der Waals surface area contributed by atoms with E-state index < -0.39 is 16.9 Å². The summed E-state index contributed by atoms with van der Waals surface area (Å²) in [5.74, 6) is -1.29. The fourth-order valence-electron chi connectivity index (χ4n) is 4.36. The molecule has 4 aromatic rings. The minimum Gasteiger partial charge on any atom is -0.389 e. The van der Waals surface area contributed by atoms with Crippen molar-refractivity contribution >= 4 is 82.2 Å². The lowest BCUT2D eigenvalue weighted by Gasteiger charge is -2.01. The number of hydrogen-bond acceptors (Lipinski definition) is 7. The topological polar surface area (TPSA) is 85.9 Å². The van der Waals surface area contributed by atoms with Gasteiger partial charge in [-0.05, 0) is 73.7 Å². The van der Waals surface area contributed by atoms with Gasteiger partial charge in [0, 0.05) is 26.4 Å². The van der Waals surface area contributed by atoms with Gasteiger partial charge < -0.3 is 5.73 Å². The summed E-state index contributed by atoms with van der Waals surface area (Å²) in [4.78, 5) is 32.2. The minimum absolute atomic E-state index is 0.102. The van der Waals surface area contributed by atoms with Crippen LogP contribution in [0.25, 0.3) is 0 Å². The summed E-state index contributed by atoms with van der Waals surface area (Å²) in [6.45, 7) is 4.44. The van der Waals surface area contributed by atoms with Gasteiger partial charge in [0.15, 0.2) is 5.78 Å². The standard InChI is InChI=1S/C18H21BrFNOS.C10H18N2S.C7H3BrClFO/c1-2-3-4-5-6-7-18-21-12-14(23-18)11-17(22)15-9-8-13(19)10-16(15)20;1-2-3-4-5-6-7-10-12-8-9(11)13-10;8-4-1-2-5(7(9)11)6(10)3-4/h8-10,12H,2-7,11H2,1H3;8H,2-7,11H2,1H3;1-3H. The van der Waals surface area contributed by atoms with Crippen molar-refractivity contribution in [3.8, 4) is 0 Å². The number of aryl methyl sites for hydroxylation is 2. The minimum atomic E-state index is -0.782. The molecule has 0 spiro atoms. The number of rotatable bonds is 16. The van der Waals surface area contributed by atoms with Crippen molar-refractivity contribution in [2.45, 2.75) is 97.3 Å². The van der Waals surface area contributed by atoms with Crippen LogP contribution >= 0.6 is 66.1 Å². The number of aromatic nitrogens is 2. The number of nitrogen functional groups attached to an aromatic ring is 1. The van der Waals surface area contributed by atoms with E-state index in [0.29, 0.717) is 8.95 Å². The smallest absolute Gasteiger partial charge is 0.255 e. The molecule has 0 aliphatic heterocycles. The molecular weight excluding hydrogens is 792 g/mol. The van der Waals surface area contributed by atoms with Crippen LogP contribution in [0.1, 0.15) is 114 Å². The van der Waals surface area contributed by atoms with Crippen LogP contribution in [0.15, 0.2) is 57.7 Å². The molecule has 0 fully saturated rings. The second-order valence-corrected chi connectivity index (χ2v) is 15.3. The van der Waals surface area contributed by atoms with E-state index in [4.69, 9.17) is 17.3 Å². The Morgan fingerprint density at radius 1 is 0.745 bits per heavy atom. The number of halogens is 5. The Hall–Kier alpha value is -2.05. The van der Waals surface area contributed by atoms with Crippen molar-refractivity contribution in [3.63, 3.8) is 0 Å². The highest BCUT2D eigenvalue weighted by molar-refractivity contribution is 9.10. The molecule has 0 radical (unpaired) electrons. The zero-order valence-corrected chi connectivity index (χ0v) is 32.4. The van der Waals surface area contributed by atoms with Gasteiger partial charge in [-0.2, -0.15) is 0 Å². The summed E-state index contributed by atoms with van der Waals surface area (Å²) in [6.07, 6.45) is 18.6. The molecule has 2 N–H and O–H groups in total. The molecule has 0 aliphatic carbocycles. The van der Waals surface area contributed by atoms with Crippen molar-refractivity contribution in [2.24, 2.45) is 0 Å². The Morgan fingerprint density at radius 3 is 1.70 bits per heavy atom. The number of benzene rings is 2. The second kappa shape index (κ2) is 23.3. The van der Waals surface area contributed by atoms with Crippen LogP contribution < -0.4 is 5.73 Å². The SMILES string of the molecule is CCCCCCCc1ncc(CC(=O)c2ccc(Br)cc2F)s1.CCCCCCCc1ncc(N)s1.O=C(Cl)c1ccc(Br)cc1F. The van der Waals surface area contributed by atoms with Crippen molar-refractivity contribution < 1.29 is 18.4 Å². The Kier molecular flexibility index (Phi) is 20.4. The predicted octanol–water partition coefficient (Wildman–Crippen LogP) is 12.2. The highest BCUT2D eigenvalue weighted by Crippen LogP contribution is 2.21. The first kappa shape index (κ1) is 41.1. The van der Waals surface area contributed by atoms with Crippen LogP contribution in [0, 0.1) is 11.6 Å². The Bertz CT molecular complexity index is 1530. The molecular formula is C35H42Br2ClF2N3O2S2. The van der Waals surface area contributed by atoms with E-state index in [9.17, 15) is 18.4 Å². The van der Waals surface area contributed by atoms with E-state index in [2.05, 4.69) is 55.7 Å². The van der Waals surface area contributed by atoms with Crippen LogP contribution in [0.2, 0.25) is 0 Å². The summed E-state index contributed by atoms with van der Waals surface area (Å²) in [5, 5.41) is 2.31. The van der Waals surface area contributed by atoms with Gasteiger partial charge in [-0.1, -0.05) is 97.1 Å². The molecule has 12 heteroatoms. The summed E-state index contributed by atoms with van der Waals surface area (Å²) < 4.78 is 27.8. The molecule has 0 amide bonds. The molecule has 2 heterocycles. The first-order valence-corrected chi connectivity index (χ1v) is 19.4. The number of carbonyl (C=O) groups excluding carboxylic acids is 2. The van der Waals surface area contributed by atoms with Crippen molar-refractivity contribution in [2.75, 3.05) is 5.73 Å². The maximum atomic E-state index is 13.8. The first-order chi connectivity index (χ1) is 22.5. The Labute approximate surface area is 307 Å². The van der Waals surface area contributed by atoms with Crippen LogP contribution in [-0.2, 0) is 19.3 Å². The predicted molar refractivity (Wildman–Crippen MR) is 200 cm³/mol. The number of Topliss-reactive ketones (excluding diaryl/α,β-unsaturated/α-hetero) is 1. The summed E-state index contributed by atoms with van der Waals surface area (Å²) >= 11 is 14.5. The van der Waals surface area contributed by atoms with E-state index in [1.54, 1.807) is 47.2 Å². The number of unbranched alkanes of at least 4 members (excludes halogenated alkanes) is 8. The van der Waals surface area contributed by atoms with Gasteiger partial charge in [-0.15, -0.1) is 22.7 Å². The fraction of sp³-hybridized carbons (Fsp3) is 0.429. The quantitative estimate of drug-likeness (QED) is 0.0690. The molecule has 0 atom stereocenters. The van der Waals surface area contributed by atoms with Crippen LogP contribution in [0.3, 0.4) is 0 Å². The molecule has 4 rings (SSSR count). The third-order valence-electron chi connectivity index (χ3n) is 6.87. The average Bonchev–Trinajstić information content (AvgIpc) is 3.65. The third kappa shape index (κ3) is 16.8. The number of thiazole rings is 2.